The van der Waals surface area contributed by atoms with Crippen LogP contribution in [0.4, 0.5) is 0 Å². The Hall–Kier alpha value is -0.340. The van der Waals surface area contributed by atoms with Gasteiger partial charge in [-0.2, -0.15) is 0 Å². The van der Waals surface area contributed by atoms with E-state index in [-0.39, 0.29) is 0 Å². The Morgan fingerprint density at radius 1 is 1.18 bits per heavy atom. The number of aryl methyl sites for hydroxylation is 2. The minimum Gasteiger partial charge on any atom is -0.310 e. The molecule has 0 radical (unpaired) electrons. The lowest BCUT2D eigenvalue weighted by Gasteiger charge is -2.27. The van der Waals surface area contributed by atoms with Gasteiger partial charge in [-0.1, -0.05) is 33.6 Å². The van der Waals surface area contributed by atoms with E-state index in [4.69, 9.17) is 0 Å². The summed E-state index contributed by atoms with van der Waals surface area (Å²) in [5.41, 5.74) is 1.54. The Kier molecular flexibility index (Phi) is 6.21. The molecule has 0 bridgehead atoms. The van der Waals surface area contributed by atoms with Crippen molar-refractivity contribution in [1.82, 2.24) is 5.32 Å². The van der Waals surface area contributed by atoms with E-state index >= 15 is 0 Å². The van der Waals surface area contributed by atoms with Crippen molar-refractivity contribution in [3.05, 3.63) is 21.4 Å². The van der Waals surface area contributed by atoms with Crippen LogP contribution in [-0.2, 0) is 0 Å². The van der Waals surface area contributed by atoms with Crippen molar-refractivity contribution in [2.75, 3.05) is 6.54 Å². The van der Waals surface area contributed by atoms with Gasteiger partial charge in [-0.25, -0.2) is 0 Å². The molecule has 1 aromatic heterocycles. The number of nitrogens with one attached hydrogen (secondary N) is 1. The Bertz CT molecular complexity index is 326. The molecule has 1 nitrogen and oxygen atoms in total. The zero-order valence-corrected chi connectivity index (χ0v) is 12.8. The highest BCUT2D eigenvalue weighted by molar-refractivity contribution is 7.12. The maximum atomic E-state index is 3.75. The summed E-state index contributed by atoms with van der Waals surface area (Å²) in [5, 5.41) is 3.75. The molecule has 1 heterocycles. The number of thiophene rings is 1. The summed E-state index contributed by atoms with van der Waals surface area (Å²) in [6, 6.07) is 2.93. The maximum absolute atomic E-state index is 3.75. The van der Waals surface area contributed by atoms with E-state index in [1.165, 1.54) is 34.6 Å². The van der Waals surface area contributed by atoms with E-state index in [0.29, 0.717) is 6.04 Å². The van der Waals surface area contributed by atoms with Gasteiger partial charge in [0.05, 0.1) is 0 Å². The summed E-state index contributed by atoms with van der Waals surface area (Å²) in [5.74, 6) is 0.759. The molecule has 0 aliphatic carbocycles. The van der Waals surface area contributed by atoms with E-state index in [1.807, 2.05) is 11.3 Å². The molecule has 0 fully saturated rings. The first-order chi connectivity index (χ1) is 8.13. The van der Waals surface area contributed by atoms with Crippen LogP contribution in [0.1, 0.15) is 61.4 Å². The summed E-state index contributed by atoms with van der Waals surface area (Å²) in [4.78, 5) is 2.93. The third kappa shape index (κ3) is 3.82. The van der Waals surface area contributed by atoms with Crippen molar-refractivity contribution >= 4 is 11.3 Å². The zero-order chi connectivity index (χ0) is 12.8. The quantitative estimate of drug-likeness (QED) is 0.733. The highest BCUT2D eigenvalue weighted by Crippen LogP contribution is 2.33. The zero-order valence-electron chi connectivity index (χ0n) is 12.0. The van der Waals surface area contributed by atoms with E-state index < -0.39 is 0 Å². The summed E-state index contributed by atoms with van der Waals surface area (Å²) >= 11 is 1.93. The van der Waals surface area contributed by atoms with Crippen molar-refractivity contribution in [3.63, 3.8) is 0 Å². The summed E-state index contributed by atoms with van der Waals surface area (Å²) in [6.07, 6.45) is 3.72. The van der Waals surface area contributed by atoms with Gasteiger partial charge >= 0.3 is 0 Å². The van der Waals surface area contributed by atoms with Gasteiger partial charge < -0.3 is 5.32 Å². The van der Waals surface area contributed by atoms with Gasteiger partial charge in [-0.3, -0.25) is 0 Å². The van der Waals surface area contributed by atoms with Crippen LogP contribution in [0, 0.1) is 19.8 Å². The molecule has 17 heavy (non-hydrogen) atoms. The fourth-order valence-corrected chi connectivity index (χ4v) is 3.52. The predicted octanol–water partition coefficient (Wildman–Crippen LogP) is 4.84. The fraction of sp³-hybridized carbons (Fsp3) is 0.733. The minimum atomic E-state index is 0.551. The number of hydrogen-bond donors (Lipinski definition) is 1. The third-order valence-electron chi connectivity index (χ3n) is 3.55. The van der Waals surface area contributed by atoms with E-state index in [0.717, 1.165) is 12.5 Å². The topological polar surface area (TPSA) is 12.0 Å². The summed E-state index contributed by atoms with van der Waals surface area (Å²) in [7, 11) is 0. The van der Waals surface area contributed by atoms with Crippen molar-refractivity contribution in [1.29, 1.82) is 0 Å². The van der Waals surface area contributed by atoms with Gasteiger partial charge in [0.15, 0.2) is 0 Å². The Labute approximate surface area is 111 Å². The van der Waals surface area contributed by atoms with Crippen molar-refractivity contribution in [2.24, 2.45) is 5.92 Å². The van der Waals surface area contributed by atoms with E-state index in [2.05, 4.69) is 46.0 Å². The van der Waals surface area contributed by atoms with Gasteiger partial charge in [-0.05, 0) is 44.4 Å². The van der Waals surface area contributed by atoms with Gasteiger partial charge in [0, 0.05) is 15.8 Å². The van der Waals surface area contributed by atoms with Crippen LogP contribution in [0.2, 0.25) is 0 Å². The number of rotatable bonds is 7. The summed E-state index contributed by atoms with van der Waals surface area (Å²) in [6.45, 7) is 12.5. The minimum absolute atomic E-state index is 0.551. The Balaban J connectivity index is 2.92. The smallest absolute Gasteiger partial charge is 0.0359 e. The third-order valence-corrected chi connectivity index (χ3v) is 4.53. The molecule has 1 aromatic rings. The molecule has 0 aliphatic heterocycles. The van der Waals surface area contributed by atoms with Crippen molar-refractivity contribution in [2.45, 2.75) is 59.9 Å². The molecule has 0 spiro atoms. The molecule has 0 aromatic carbocycles. The first kappa shape index (κ1) is 14.7. The molecule has 98 valence electrons. The van der Waals surface area contributed by atoms with Crippen LogP contribution in [-0.4, -0.2) is 6.54 Å². The fourth-order valence-electron chi connectivity index (χ4n) is 2.55. The SMILES string of the molecule is CCCNC(c1cc(C)sc1C)C(CC)CC. The van der Waals surface area contributed by atoms with Gasteiger partial charge in [0.2, 0.25) is 0 Å². The molecule has 0 saturated heterocycles. The molecule has 0 aliphatic rings. The lowest BCUT2D eigenvalue weighted by Crippen LogP contribution is -2.28. The molecule has 1 atom stereocenters. The maximum Gasteiger partial charge on any atom is 0.0359 e. The van der Waals surface area contributed by atoms with Gasteiger partial charge in [-0.15, -0.1) is 11.3 Å². The molecule has 2 heteroatoms. The monoisotopic (exact) mass is 253 g/mol. The second-order valence-electron chi connectivity index (χ2n) is 4.88. The van der Waals surface area contributed by atoms with Crippen LogP contribution >= 0.6 is 11.3 Å². The van der Waals surface area contributed by atoms with Gasteiger partial charge in [0.25, 0.3) is 0 Å². The molecule has 1 unspecified atom stereocenters. The highest BCUT2D eigenvalue weighted by atomic mass is 32.1. The standard InChI is InChI=1S/C15H27NS/c1-6-9-16-15(13(7-2)8-3)14-10-11(4)17-12(14)5/h10,13,15-16H,6-9H2,1-5H3. The first-order valence-corrected chi connectivity index (χ1v) is 7.75. The Morgan fingerprint density at radius 2 is 1.82 bits per heavy atom. The lowest BCUT2D eigenvalue weighted by atomic mass is 9.89. The predicted molar refractivity (Wildman–Crippen MR) is 78.9 cm³/mol. The van der Waals surface area contributed by atoms with Crippen LogP contribution < -0.4 is 5.32 Å². The van der Waals surface area contributed by atoms with Crippen LogP contribution in [0.15, 0.2) is 6.07 Å². The molecule has 0 amide bonds. The highest BCUT2D eigenvalue weighted by Gasteiger charge is 2.22. The number of hydrogen-bond acceptors (Lipinski definition) is 2. The van der Waals surface area contributed by atoms with Crippen molar-refractivity contribution < 1.29 is 0 Å². The average molecular weight is 253 g/mol. The molecular formula is C15H27NS. The average Bonchev–Trinajstić information content (AvgIpc) is 2.64. The first-order valence-electron chi connectivity index (χ1n) is 6.94. The lowest BCUT2D eigenvalue weighted by molar-refractivity contribution is 0.341. The molecular weight excluding hydrogens is 226 g/mol. The van der Waals surface area contributed by atoms with Crippen LogP contribution in [0.25, 0.3) is 0 Å². The van der Waals surface area contributed by atoms with Crippen LogP contribution in [0.3, 0.4) is 0 Å². The largest absolute Gasteiger partial charge is 0.310 e. The Morgan fingerprint density at radius 3 is 2.24 bits per heavy atom. The normalized spacial score (nSPS) is 13.3. The van der Waals surface area contributed by atoms with Crippen LogP contribution in [0.5, 0.6) is 0 Å². The van der Waals surface area contributed by atoms with Crippen molar-refractivity contribution in [3.8, 4) is 0 Å². The van der Waals surface area contributed by atoms with Gasteiger partial charge in [0.1, 0.15) is 0 Å². The molecule has 1 N–H and O–H groups in total. The van der Waals surface area contributed by atoms with E-state index in [9.17, 15) is 0 Å². The molecule has 1 rings (SSSR count). The molecule has 0 saturated carbocycles. The second kappa shape index (κ2) is 7.17. The summed E-state index contributed by atoms with van der Waals surface area (Å²) < 4.78 is 0. The van der Waals surface area contributed by atoms with E-state index in [1.54, 1.807) is 0 Å². The second-order valence-corrected chi connectivity index (χ2v) is 6.34.